The quantitative estimate of drug-likeness (QED) is 0.197. The number of para-hydroxylation sites is 2. The lowest BCUT2D eigenvalue weighted by Crippen LogP contribution is -2.54. The Morgan fingerprint density at radius 1 is 0.612 bits per heavy atom. The molecule has 0 saturated heterocycles. The van der Waals surface area contributed by atoms with E-state index in [0.717, 1.165) is 31.2 Å². The first kappa shape index (κ1) is 37.6. The minimum absolute atomic E-state index is 0.0353. The van der Waals surface area contributed by atoms with Crippen LogP contribution in [0, 0.1) is 0 Å². The van der Waals surface area contributed by atoms with Gasteiger partial charge in [0, 0.05) is 40.1 Å². The molecule has 0 heterocycles. The number of nitrogens with one attached hydrogen (secondary N) is 1. The number of hydrogen-bond acceptors (Lipinski definition) is 7. The van der Waals surface area contributed by atoms with Crippen molar-refractivity contribution in [3.05, 3.63) is 130 Å². The number of benzene rings is 4. The number of Topliss-reactive ketones (excluding diaryl/α,β-unsaturated/α-hetero) is 2. The van der Waals surface area contributed by atoms with Crippen LogP contribution in [0.5, 0.6) is 11.5 Å². The molecule has 2 atom stereocenters. The summed E-state index contributed by atoms with van der Waals surface area (Å²) in [7, 11) is 0. The highest BCUT2D eigenvalue weighted by Crippen LogP contribution is 2.38. The van der Waals surface area contributed by atoms with Gasteiger partial charge in [-0.05, 0) is 74.1 Å². The monoisotopic (exact) mass is 722 g/mol. The maximum atomic E-state index is 12.7. The van der Waals surface area contributed by atoms with Crippen LogP contribution in [0.25, 0.3) is 0 Å². The Morgan fingerprint density at radius 3 is 1.59 bits per heavy atom. The molecule has 6 rings (SSSR count). The fraction of sp³-hybridized carbons (Fsp3) is 0.263. The number of amides is 1. The van der Waals surface area contributed by atoms with E-state index in [2.05, 4.69) is 10.1 Å². The van der Waals surface area contributed by atoms with E-state index in [0.29, 0.717) is 52.8 Å². The van der Waals surface area contributed by atoms with E-state index in [-0.39, 0.29) is 11.6 Å². The second-order valence-electron chi connectivity index (χ2n) is 11.6. The number of ketones is 2. The molecular formula is C38H37Cl3N2O6. The molecule has 0 aliphatic heterocycles. The van der Waals surface area contributed by atoms with Crippen LogP contribution >= 0.6 is 34.8 Å². The summed E-state index contributed by atoms with van der Waals surface area (Å²) < 4.78 is 9.85. The molecule has 2 aliphatic carbocycles. The molecule has 49 heavy (non-hydrogen) atoms. The maximum Gasteiger partial charge on any atom is 0.413 e. The van der Waals surface area contributed by atoms with E-state index >= 15 is 0 Å². The summed E-state index contributed by atoms with van der Waals surface area (Å²) in [6.07, 6.45) is 5.14. The van der Waals surface area contributed by atoms with Gasteiger partial charge in [0.25, 0.3) is 0 Å². The Morgan fingerprint density at radius 2 is 1.08 bits per heavy atom. The molecule has 0 spiro atoms. The zero-order valence-electron chi connectivity index (χ0n) is 26.7. The van der Waals surface area contributed by atoms with Gasteiger partial charge in [-0.3, -0.25) is 9.59 Å². The summed E-state index contributed by atoms with van der Waals surface area (Å²) in [6, 6.07) is 31.9. The van der Waals surface area contributed by atoms with Crippen molar-refractivity contribution in [2.75, 3.05) is 0 Å². The first-order chi connectivity index (χ1) is 23.5. The molecule has 0 radical (unpaired) electrons. The number of hydrogen-bond donors (Lipinski definition) is 2. The summed E-state index contributed by atoms with van der Waals surface area (Å²) in [5.74, 6) is 0.962. The fourth-order valence-electron chi connectivity index (χ4n) is 5.86. The van der Waals surface area contributed by atoms with Crippen LogP contribution in [0.4, 0.5) is 9.59 Å². The van der Waals surface area contributed by atoms with Crippen LogP contribution in [-0.4, -0.2) is 23.1 Å². The first-order valence-electron chi connectivity index (χ1n) is 15.9. The predicted octanol–water partition coefficient (Wildman–Crippen LogP) is 9.53. The lowest BCUT2D eigenvalue weighted by Gasteiger charge is -2.37. The van der Waals surface area contributed by atoms with Crippen molar-refractivity contribution in [2.24, 2.45) is 5.73 Å². The summed E-state index contributed by atoms with van der Waals surface area (Å²) in [5, 5.41) is 3.85. The number of ether oxygens (including phenoxy) is 2. The van der Waals surface area contributed by atoms with E-state index in [9.17, 15) is 19.2 Å². The molecule has 2 unspecified atom stereocenters. The molecule has 4 aromatic carbocycles. The van der Waals surface area contributed by atoms with Gasteiger partial charge in [-0.2, -0.15) is 0 Å². The van der Waals surface area contributed by atoms with Crippen molar-refractivity contribution in [3.8, 4) is 11.5 Å². The van der Waals surface area contributed by atoms with Gasteiger partial charge in [0.1, 0.15) is 22.6 Å². The minimum atomic E-state index is -1.12. The topological polar surface area (TPSA) is 125 Å². The van der Waals surface area contributed by atoms with Crippen LogP contribution in [0.15, 0.2) is 109 Å². The van der Waals surface area contributed by atoms with E-state index in [1.54, 1.807) is 72.8 Å². The Hall–Kier alpha value is -4.21. The number of nitrogens with two attached hydrogens (primary N) is 1. The van der Waals surface area contributed by atoms with Crippen LogP contribution in [-0.2, 0) is 20.7 Å². The maximum absolute atomic E-state index is 12.7. The highest BCUT2D eigenvalue weighted by molar-refractivity contribution is 6.61. The standard InChI is InChI=1S/C19H18ClNO3.C12H14ClNO.C7H5ClO2/c20-16-11-5-4-10-15(16)19(13-7-6-12-17(19)22)21-18(23)24-14-8-2-1-3-9-14;13-10-6-2-1-5-9(10)12(14)8-4-3-7-11(12)15;8-7(9)10-6-4-2-1-3-5-6/h1-5,8-11H,6-7,12-13H2,(H,21,23);1-2,5-6H,3-4,7-8,14H2;1-5H. The largest absolute Gasteiger partial charge is 0.415 e. The number of carbonyl (C=O) groups is 4. The molecular weight excluding hydrogens is 687 g/mol. The van der Waals surface area contributed by atoms with Gasteiger partial charge < -0.3 is 20.5 Å². The highest BCUT2D eigenvalue weighted by Gasteiger charge is 2.44. The second kappa shape index (κ2) is 18.0. The number of halogens is 3. The molecule has 0 aromatic heterocycles. The summed E-state index contributed by atoms with van der Waals surface area (Å²) in [5.41, 5.74) is 4.80. The summed E-state index contributed by atoms with van der Waals surface area (Å²) >= 11 is 17.3. The Kier molecular flexibility index (Phi) is 13.8. The van der Waals surface area contributed by atoms with Crippen molar-refractivity contribution in [2.45, 2.75) is 62.4 Å². The molecule has 3 N–H and O–H groups in total. The van der Waals surface area contributed by atoms with Crippen molar-refractivity contribution in [1.82, 2.24) is 5.32 Å². The van der Waals surface area contributed by atoms with Crippen molar-refractivity contribution in [3.63, 3.8) is 0 Å². The summed E-state index contributed by atoms with van der Waals surface area (Å²) in [6.45, 7) is 0. The van der Waals surface area contributed by atoms with Gasteiger partial charge in [0.2, 0.25) is 0 Å². The Bertz CT molecular complexity index is 1740. The SMILES string of the molecule is NC1(c2ccccc2Cl)CCCCC1=O.O=C(Cl)Oc1ccccc1.O=C(NC1(c2ccccc2Cl)CCCCC1=O)Oc1ccccc1. The third-order valence-corrected chi connectivity index (χ3v) is 9.04. The zero-order valence-corrected chi connectivity index (χ0v) is 29.0. The van der Waals surface area contributed by atoms with Gasteiger partial charge in [0.05, 0.1) is 0 Å². The number of rotatable bonds is 5. The summed E-state index contributed by atoms with van der Waals surface area (Å²) in [4.78, 5) is 47.2. The minimum Gasteiger partial charge on any atom is -0.415 e. The van der Waals surface area contributed by atoms with E-state index in [1.807, 2.05) is 36.4 Å². The van der Waals surface area contributed by atoms with Crippen molar-refractivity contribution < 1.29 is 28.7 Å². The third kappa shape index (κ3) is 10.2. The molecule has 4 aromatic rings. The van der Waals surface area contributed by atoms with Crippen LogP contribution in [0.3, 0.4) is 0 Å². The van der Waals surface area contributed by atoms with E-state index in [4.69, 9.17) is 45.3 Å². The van der Waals surface area contributed by atoms with Gasteiger partial charge in [0.15, 0.2) is 11.6 Å². The normalized spacial score (nSPS) is 20.0. The molecule has 2 saturated carbocycles. The van der Waals surface area contributed by atoms with E-state index < -0.39 is 22.6 Å². The molecule has 2 aliphatic rings. The van der Waals surface area contributed by atoms with Crippen molar-refractivity contribution in [1.29, 1.82) is 0 Å². The fourth-order valence-corrected chi connectivity index (χ4v) is 6.55. The van der Waals surface area contributed by atoms with Gasteiger partial charge in [-0.25, -0.2) is 9.59 Å². The van der Waals surface area contributed by atoms with Crippen LogP contribution in [0.1, 0.15) is 62.5 Å². The van der Waals surface area contributed by atoms with Crippen molar-refractivity contribution >= 4 is 57.9 Å². The third-order valence-electron chi connectivity index (χ3n) is 8.30. The van der Waals surface area contributed by atoms with Gasteiger partial charge in [-0.15, -0.1) is 0 Å². The molecule has 8 nitrogen and oxygen atoms in total. The van der Waals surface area contributed by atoms with Gasteiger partial charge >= 0.3 is 11.5 Å². The molecule has 256 valence electrons. The average molecular weight is 724 g/mol. The first-order valence-corrected chi connectivity index (χ1v) is 17.0. The molecule has 1 amide bonds. The number of carbonyl (C=O) groups excluding carboxylic acids is 4. The van der Waals surface area contributed by atoms with Crippen LogP contribution in [0.2, 0.25) is 10.0 Å². The average Bonchev–Trinajstić information content (AvgIpc) is 3.09. The molecule has 2 fully saturated rings. The second-order valence-corrected chi connectivity index (χ2v) is 12.7. The Balaban J connectivity index is 0.000000184. The van der Waals surface area contributed by atoms with Crippen LogP contribution < -0.4 is 20.5 Å². The molecule has 11 heteroatoms. The predicted molar refractivity (Wildman–Crippen MR) is 191 cm³/mol. The zero-order chi connectivity index (χ0) is 35.3. The lowest BCUT2D eigenvalue weighted by molar-refractivity contribution is -0.128. The lowest BCUT2D eigenvalue weighted by atomic mass is 9.75. The van der Waals surface area contributed by atoms with E-state index in [1.165, 1.54) is 0 Å². The Labute approximate surface area is 300 Å². The smallest absolute Gasteiger partial charge is 0.413 e. The van der Waals surface area contributed by atoms with Gasteiger partial charge in [-0.1, -0.05) is 102 Å². The molecule has 0 bridgehead atoms. The highest BCUT2D eigenvalue weighted by atomic mass is 35.5.